The Morgan fingerprint density at radius 1 is 1.06 bits per heavy atom. The number of aliphatic hydroxyl groups excluding tert-OH is 2. The molecule has 0 saturated carbocycles. The molecule has 1 aliphatic carbocycles. The molecule has 2 aliphatic rings. The minimum atomic E-state index is -0.834. The molecule has 33 heavy (non-hydrogen) atoms. The standard InChI is InChI=1S/C26H33NO6/c1-17-10-9-11-19-14-20(28)15-22(26(19)32)27-24(30)16-21(33-3)12-7-5-4-6-8-13-23(29)18(2)25(17)31/h4-8,10,12,14-15,18,21,23,25,29,31H,9,11,13,16H2,1-3H3,(H,27,30)/b5-4+,8-6+,12-7+,17-10-/t18-,21+,23+,25+/m1/s1. The molecule has 1 heterocycles. The molecule has 1 aliphatic heterocycles. The van der Waals surface area contributed by atoms with Crippen molar-refractivity contribution in [3.63, 3.8) is 0 Å². The molecule has 0 unspecified atom stereocenters. The summed E-state index contributed by atoms with van der Waals surface area (Å²) >= 11 is 0. The average molecular weight is 456 g/mol. The Morgan fingerprint density at radius 3 is 2.52 bits per heavy atom. The van der Waals surface area contributed by atoms with E-state index >= 15 is 0 Å². The lowest BCUT2D eigenvalue weighted by Gasteiger charge is -2.24. The number of aliphatic hydroxyl groups is 2. The molecule has 0 aromatic heterocycles. The summed E-state index contributed by atoms with van der Waals surface area (Å²) in [6.45, 7) is 3.55. The Kier molecular flexibility index (Phi) is 10.4. The second-order valence-corrected chi connectivity index (χ2v) is 8.28. The lowest BCUT2D eigenvalue weighted by molar-refractivity contribution is -0.124. The number of ketones is 2. The van der Waals surface area contributed by atoms with Crippen LogP contribution in [0, 0.1) is 5.92 Å². The highest BCUT2D eigenvalue weighted by molar-refractivity contribution is 6.21. The number of nitrogens with one attached hydrogen (secondary N) is 1. The van der Waals surface area contributed by atoms with Gasteiger partial charge in [0, 0.05) is 24.7 Å². The monoisotopic (exact) mass is 455 g/mol. The van der Waals surface area contributed by atoms with Crippen LogP contribution < -0.4 is 5.32 Å². The molecule has 0 fully saturated rings. The first-order valence-corrected chi connectivity index (χ1v) is 11.1. The summed E-state index contributed by atoms with van der Waals surface area (Å²) in [7, 11) is 1.48. The third-order valence-electron chi connectivity index (χ3n) is 5.73. The predicted molar refractivity (Wildman–Crippen MR) is 126 cm³/mol. The summed E-state index contributed by atoms with van der Waals surface area (Å²) in [6.07, 6.45) is 13.9. The van der Waals surface area contributed by atoms with Gasteiger partial charge in [-0.25, -0.2) is 0 Å². The molecule has 7 heteroatoms. The first-order chi connectivity index (χ1) is 15.7. The fourth-order valence-electron chi connectivity index (χ4n) is 3.58. The van der Waals surface area contributed by atoms with Crippen molar-refractivity contribution >= 4 is 17.5 Å². The quantitative estimate of drug-likeness (QED) is 0.414. The number of methoxy groups -OCH3 is 1. The van der Waals surface area contributed by atoms with Gasteiger partial charge in [0.15, 0.2) is 5.78 Å². The Balaban J connectivity index is 2.25. The van der Waals surface area contributed by atoms with Crippen LogP contribution in [0.5, 0.6) is 0 Å². The van der Waals surface area contributed by atoms with Gasteiger partial charge < -0.3 is 20.3 Å². The minimum Gasteiger partial charge on any atom is -0.392 e. The minimum absolute atomic E-state index is 0.0154. The maximum Gasteiger partial charge on any atom is 0.227 e. The molecule has 2 bridgehead atoms. The van der Waals surface area contributed by atoms with Gasteiger partial charge in [-0.3, -0.25) is 14.4 Å². The van der Waals surface area contributed by atoms with E-state index in [4.69, 9.17) is 4.74 Å². The molecule has 2 rings (SSSR count). The normalized spacial score (nSPS) is 32.9. The molecule has 4 atom stereocenters. The first kappa shape index (κ1) is 26.4. The molecule has 0 aromatic carbocycles. The molecule has 1 amide bonds. The third kappa shape index (κ3) is 8.20. The van der Waals surface area contributed by atoms with E-state index in [0.29, 0.717) is 24.0 Å². The molecule has 0 radical (unpaired) electrons. The van der Waals surface area contributed by atoms with Crippen molar-refractivity contribution in [1.82, 2.24) is 5.32 Å². The number of hydrogen-bond acceptors (Lipinski definition) is 6. The zero-order valence-electron chi connectivity index (χ0n) is 19.4. The van der Waals surface area contributed by atoms with E-state index in [-0.39, 0.29) is 30.2 Å². The van der Waals surface area contributed by atoms with Gasteiger partial charge in [0.1, 0.15) is 0 Å². The largest absolute Gasteiger partial charge is 0.392 e. The lowest BCUT2D eigenvalue weighted by atomic mass is 9.90. The number of carbonyl (C=O) groups excluding carboxylic acids is 3. The highest BCUT2D eigenvalue weighted by Gasteiger charge is 2.25. The van der Waals surface area contributed by atoms with Crippen molar-refractivity contribution in [3.8, 4) is 0 Å². The molecule has 7 nitrogen and oxygen atoms in total. The van der Waals surface area contributed by atoms with Crippen LogP contribution in [0.15, 0.2) is 71.5 Å². The highest BCUT2D eigenvalue weighted by atomic mass is 16.5. The van der Waals surface area contributed by atoms with Crippen molar-refractivity contribution in [2.75, 3.05) is 7.11 Å². The highest BCUT2D eigenvalue weighted by Crippen LogP contribution is 2.21. The van der Waals surface area contributed by atoms with E-state index in [2.05, 4.69) is 5.32 Å². The van der Waals surface area contributed by atoms with Crippen LogP contribution in [-0.2, 0) is 19.1 Å². The van der Waals surface area contributed by atoms with Crippen LogP contribution in [0.2, 0.25) is 0 Å². The van der Waals surface area contributed by atoms with Crippen LogP contribution in [0.25, 0.3) is 0 Å². The fraction of sp³-hybridized carbons (Fsp3) is 0.423. The van der Waals surface area contributed by atoms with Gasteiger partial charge in [-0.15, -0.1) is 0 Å². The molecule has 178 valence electrons. The Morgan fingerprint density at radius 2 is 1.79 bits per heavy atom. The van der Waals surface area contributed by atoms with Crippen LogP contribution in [0.3, 0.4) is 0 Å². The van der Waals surface area contributed by atoms with E-state index in [0.717, 1.165) is 6.08 Å². The molecule has 3 N–H and O–H groups in total. The smallest absolute Gasteiger partial charge is 0.227 e. The van der Waals surface area contributed by atoms with Crippen molar-refractivity contribution < 1.29 is 29.3 Å². The molecule has 0 spiro atoms. The van der Waals surface area contributed by atoms with Crippen LogP contribution in [-0.4, -0.2) is 53.1 Å². The number of Topliss-reactive ketones (excluding diaryl/α,β-unsaturated/α-hetero) is 1. The first-order valence-electron chi connectivity index (χ1n) is 11.1. The zero-order chi connectivity index (χ0) is 24.4. The number of fused-ring (bicyclic) bond motifs is 2. The zero-order valence-corrected chi connectivity index (χ0v) is 19.4. The van der Waals surface area contributed by atoms with Crippen LogP contribution in [0.4, 0.5) is 0 Å². The van der Waals surface area contributed by atoms with Crippen LogP contribution >= 0.6 is 0 Å². The fourth-order valence-corrected chi connectivity index (χ4v) is 3.58. The number of hydrogen-bond donors (Lipinski definition) is 3. The number of rotatable bonds is 1. The average Bonchev–Trinajstić information content (AvgIpc) is 2.78. The van der Waals surface area contributed by atoms with Crippen molar-refractivity contribution in [2.24, 2.45) is 5.92 Å². The SMILES string of the molecule is CO[C@H]1/C=C/C=C/C=C/C[C@H](O)[C@@H](C)[C@@H](O)/C(C)=C\CCC2=CC(=O)C=C(NC(=O)C1)C2=O. The van der Waals surface area contributed by atoms with Gasteiger partial charge in [0.05, 0.1) is 30.4 Å². The maximum atomic E-state index is 12.8. The molecular formula is C26H33NO6. The number of allylic oxidation sites excluding steroid dienone is 8. The van der Waals surface area contributed by atoms with E-state index in [9.17, 15) is 24.6 Å². The van der Waals surface area contributed by atoms with Gasteiger partial charge >= 0.3 is 0 Å². The second kappa shape index (κ2) is 13.0. The van der Waals surface area contributed by atoms with Gasteiger partial charge in [-0.1, -0.05) is 49.5 Å². The lowest BCUT2D eigenvalue weighted by Crippen LogP contribution is -2.32. The van der Waals surface area contributed by atoms with Crippen LogP contribution in [0.1, 0.15) is 39.5 Å². The number of amides is 1. The van der Waals surface area contributed by atoms with E-state index in [1.54, 1.807) is 50.3 Å². The second-order valence-electron chi connectivity index (χ2n) is 8.28. The van der Waals surface area contributed by atoms with Gasteiger partial charge in [0.2, 0.25) is 11.7 Å². The van der Waals surface area contributed by atoms with Crippen molar-refractivity contribution in [1.29, 1.82) is 0 Å². The Bertz CT molecular complexity index is 921. The Labute approximate surface area is 194 Å². The van der Waals surface area contributed by atoms with E-state index in [1.807, 2.05) is 6.08 Å². The summed E-state index contributed by atoms with van der Waals surface area (Å²) in [6, 6.07) is 0. The van der Waals surface area contributed by atoms with E-state index in [1.165, 1.54) is 13.2 Å². The summed E-state index contributed by atoms with van der Waals surface area (Å²) in [5, 5.41) is 23.5. The Hall–Kier alpha value is -2.87. The summed E-state index contributed by atoms with van der Waals surface area (Å²) in [5.74, 6) is -1.58. The number of ether oxygens (including phenoxy) is 1. The number of carbonyl (C=O) groups is 3. The predicted octanol–water partition coefficient (Wildman–Crippen LogP) is 2.63. The molecule has 0 aromatic rings. The summed E-state index contributed by atoms with van der Waals surface area (Å²) in [4.78, 5) is 37.3. The van der Waals surface area contributed by atoms with E-state index < -0.39 is 30.0 Å². The summed E-state index contributed by atoms with van der Waals surface area (Å²) in [5.41, 5.74) is 0.940. The van der Waals surface area contributed by atoms with Gasteiger partial charge in [0.25, 0.3) is 0 Å². The molecule has 0 saturated heterocycles. The maximum absolute atomic E-state index is 12.8. The van der Waals surface area contributed by atoms with Gasteiger partial charge in [-0.2, -0.15) is 0 Å². The van der Waals surface area contributed by atoms with Crippen molar-refractivity contribution in [3.05, 3.63) is 71.5 Å². The topological polar surface area (TPSA) is 113 Å². The van der Waals surface area contributed by atoms with Crippen molar-refractivity contribution in [2.45, 2.75) is 57.8 Å². The van der Waals surface area contributed by atoms with Gasteiger partial charge in [-0.05, 0) is 37.8 Å². The molecular weight excluding hydrogens is 422 g/mol. The summed E-state index contributed by atoms with van der Waals surface area (Å²) < 4.78 is 5.30. The third-order valence-corrected chi connectivity index (χ3v) is 5.73.